The van der Waals surface area contributed by atoms with Gasteiger partial charge in [-0.1, -0.05) is 42.5 Å². The molecule has 2 aliphatic rings. The molecular formula is C27H32N4. The smallest absolute Gasteiger partial charge is 0.109 e. The van der Waals surface area contributed by atoms with Crippen LogP contribution in [0.15, 0.2) is 54.6 Å². The largest absolute Gasteiger partial charge is 0.327 e. The molecule has 5 rings (SSSR count). The average Bonchev–Trinajstić information content (AvgIpc) is 3.26. The molecule has 3 aromatic rings. The Kier molecular flexibility index (Phi) is 6.04. The topological polar surface area (TPSA) is 44.9 Å². The predicted octanol–water partition coefficient (Wildman–Crippen LogP) is 5.37. The van der Waals surface area contributed by atoms with E-state index >= 15 is 0 Å². The molecular weight excluding hydrogens is 380 g/mol. The Hall–Kier alpha value is -2.64. The molecule has 0 spiro atoms. The third-order valence-corrected chi connectivity index (χ3v) is 7.35. The van der Waals surface area contributed by atoms with Crippen molar-refractivity contribution in [2.45, 2.75) is 70.0 Å². The molecule has 2 fully saturated rings. The highest BCUT2D eigenvalue weighted by Gasteiger charge is 2.40. The van der Waals surface area contributed by atoms with Crippen LogP contribution in [0.25, 0.3) is 11.0 Å². The highest BCUT2D eigenvalue weighted by Crippen LogP contribution is 2.40. The first-order valence-electron chi connectivity index (χ1n) is 11.9. The van der Waals surface area contributed by atoms with Crippen LogP contribution in [-0.2, 0) is 19.4 Å². The van der Waals surface area contributed by atoms with Gasteiger partial charge in [-0.2, -0.15) is 5.26 Å². The molecule has 0 aliphatic carbocycles. The van der Waals surface area contributed by atoms with Gasteiger partial charge in [-0.25, -0.2) is 4.98 Å². The van der Waals surface area contributed by atoms with E-state index in [0.717, 1.165) is 54.2 Å². The lowest BCUT2D eigenvalue weighted by molar-refractivity contribution is 0.102. The zero-order valence-electron chi connectivity index (χ0n) is 18.3. The summed E-state index contributed by atoms with van der Waals surface area (Å²) in [7, 11) is 0. The second-order valence-electron chi connectivity index (χ2n) is 9.33. The van der Waals surface area contributed by atoms with E-state index in [1.54, 1.807) is 0 Å². The Balaban J connectivity index is 1.19. The van der Waals surface area contributed by atoms with E-state index in [2.05, 4.69) is 64.1 Å². The van der Waals surface area contributed by atoms with Crippen molar-refractivity contribution >= 4 is 11.0 Å². The standard InChI is InChI=1S/C27H32N4/c28-15-7-17-31-26-11-5-4-10-25(26)29-27(31)12-6-16-30-23-13-14-24(30)20-22(19-23)18-21-8-2-1-3-9-21/h1-5,8-11,22-24H,6-7,12-14,16-20H2. The fourth-order valence-electron chi connectivity index (χ4n) is 6.01. The Bertz CT molecular complexity index is 1030. The number of rotatable bonds is 8. The van der Waals surface area contributed by atoms with E-state index < -0.39 is 0 Å². The average molecular weight is 413 g/mol. The summed E-state index contributed by atoms with van der Waals surface area (Å²) < 4.78 is 2.26. The molecule has 0 saturated carbocycles. The molecule has 2 bridgehead atoms. The number of piperidine rings is 1. The van der Waals surface area contributed by atoms with Gasteiger partial charge in [0, 0.05) is 25.0 Å². The number of hydrogen-bond acceptors (Lipinski definition) is 3. The molecule has 0 amide bonds. The van der Waals surface area contributed by atoms with Crippen LogP contribution in [0.2, 0.25) is 0 Å². The minimum absolute atomic E-state index is 0.534. The van der Waals surface area contributed by atoms with Crippen LogP contribution in [0.1, 0.15) is 49.9 Å². The van der Waals surface area contributed by atoms with E-state index in [9.17, 15) is 0 Å². The number of nitriles is 1. The van der Waals surface area contributed by atoms with Crippen molar-refractivity contribution < 1.29 is 0 Å². The van der Waals surface area contributed by atoms with Crippen LogP contribution in [0.3, 0.4) is 0 Å². The summed E-state index contributed by atoms with van der Waals surface area (Å²) >= 11 is 0. The quantitative estimate of drug-likeness (QED) is 0.500. The van der Waals surface area contributed by atoms with Gasteiger partial charge >= 0.3 is 0 Å². The summed E-state index contributed by atoms with van der Waals surface area (Å²) in [5, 5.41) is 9.06. The summed E-state index contributed by atoms with van der Waals surface area (Å²) in [6, 6.07) is 23.2. The fourth-order valence-corrected chi connectivity index (χ4v) is 6.01. The molecule has 2 aromatic carbocycles. The molecule has 2 saturated heterocycles. The van der Waals surface area contributed by atoms with Gasteiger partial charge in [0.2, 0.25) is 0 Å². The first kappa shape index (κ1) is 20.3. The highest BCUT2D eigenvalue weighted by molar-refractivity contribution is 5.75. The molecule has 0 N–H and O–H groups in total. The van der Waals surface area contributed by atoms with E-state index in [1.165, 1.54) is 44.2 Å². The Morgan fingerprint density at radius 3 is 2.45 bits per heavy atom. The Morgan fingerprint density at radius 1 is 0.935 bits per heavy atom. The SMILES string of the molecule is N#CCCn1c(CCCN2C3CCC2CC(Cc2ccccc2)C3)nc2ccccc21. The zero-order valence-corrected chi connectivity index (χ0v) is 18.3. The summed E-state index contributed by atoms with van der Waals surface area (Å²) in [6.45, 7) is 1.91. The minimum Gasteiger partial charge on any atom is -0.327 e. The van der Waals surface area contributed by atoms with Crippen LogP contribution in [0, 0.1) is 17.2 Å². The number of imidazole rings is 1. The van der Waals surface area contributed by atoms with Crippen LogP contribution >= 0.6 is 0 Å². The monoisotopic (exact) mass is 412 g/mol. The predicted molar refractivity (Wildman–Crippen MR) is 125 cm³/mol. The summed E-state index contributed by atoms with van der Waals surface area (Å²) in [5.74, 6) is 1.98. The molecule has 4 heteroatoms. The molecule has 1 aromatic heterocycles. The highest BCUT2D eigenvalue weighted by atomic mass is 15.2. The zero-order chi connectivity index (χ0) is 21.0. The molecule has 0 radical (unpaired) electrons. The van der Waals surface area contributed by atoms with E-state index in [4.69, 9.17) is 10.2 Å². The van der Waals surface area contributed by atoms with Gasteiger partial charge < -0.3 is 4.57 Å². The molecule has 4 nitrogen and oxygen atoms in total. The second kappa shape index (κ2) is 9.24. The van der Waals surface area contributed by atoms with Gasteiger partial charge in [0.05, 0.1) is 23.5 Å². The normalized spacial score (nSPS) is 23.3. The summed E-state index contributed by atoms with van der Waals surface area (Å²) in [4.78, 5) is 7.71. The van der Waals surface area contributed by atoms with Gasteiger partial charge in [-0.3, -0.25) is 4.90 Å². The molecule has 2 unspecified atom stereocenters. The fraction of sp³-hybridized carbons (Fsp3) is 0.481. The van der Waals surface area contributed by atoms with Crippen molar-refractivity contribution in [1.29, 1.82) is 5.26 Å². The second-order valence-corrected chi connectivity index (χ2v) is 9.33. The Labute approximate surface area is 185 Å². The van der Waals surface area contributed by atoms with Crippen molar-refractivity contribution in [2.75, 3.05) is 6.54 Å². The van der Waals surface area contributed by atoms with Gasteiger partial charge in [-0.05, 0) is 68.7 Å². The molecule has 2 aliphatic heterocycles. The van der Waals surface area contributed by atoms with Crippen LogP contribution < -0.4 is 0 Å². The lowest BCUT2D eigenvalue weighted by Gasteiger charge is -2.39. The van der Waals surface area contributed by atoms with E-state index in [-0.39, 0.29) is 0 Å². The number of benzene rings is 2. The Morgan fingerprint density at radius 2 is 1.68 bits per heavy atom. The number of aromatic nitrogens is 2. The third kappa shape index (κ3) is 4.38. The van der Waals surface area contributed by atoms with Crippen LogP contribution in [-0.4, -0.2) is 33.1 Å². The third-order valence-electron chi connectivity index (χ3n) is 7.35. The maximum atomic E-state index is 9.06. The lowest BCUT2D eigenvalue weighted by Crippen LogP contribution is -2.43. The van der Waals surface area contributed by atoms with Gasteiger partial charge in [-0.15, -0.1) is 0 Å². The molecule has 2 atom stereocenters. The van der Waals surface area contributed by atoms with Crippen molar-refractivity contribution in [3.63, 3.8) is 0 Å². The maximum absolute atomic E-state index is 9.06. The number of aryl methyl sites for hydroxylation is 2. The van der Waals surface area contributed by atoms with Crippen molar-refractivity contribution in [3.8, 4) is 6.07 Å². The minimum atomic E-state index is 0.534. The molecule has 160 valence electrons. The first-order chi connectivity index (χ1) is 15.3. The lowest BCUT2D eigenvalue weighted by atomic mass is 9.85. The molecule has 31 heavy (non-hydrogen) atoms. The van der Waals surface area contributed by atoms with E-state index in [1.807, 2.05) is 6.07 Å². The van der Waals surface area contributed by atoms with Crippen molar-refractivity contribution in [2.24, 2.45) is 5.92 Å². The summed E-state index contributed by atoms with van der Waals surface area (Å²) in [5.41, 5.74) is 3.71. The van der Waals surface area contributed by atoms with E-state index in [0.29, 0.717) is 6.42 Å². The molecule has 3 heterocycles. The maximum Gasteiger partial charge on any atom is 0.109 e. The van der Waals surface area contributed by atoms with Gasteiger partial charge in [0.1, 0.15) is 5.82 Å². The van der Waals surface area contributed by atoms with Crippen LogP contribution in [0.5, 0.6) is 0 Å². The number of para-hydroxylation sites is 2. The number of hydrogen-bond donors (Lipinski definition) is 0. The van der Waals surface area contributed by atoms with Crippen molar-refractivity contribution in [1.82, 2.24) is 14.5 Å². The number of nitrogens with zero attached hydrogens (tertiary/aromatic N) is 4. The first-order valence-corrected chi connectivity index (χ1v) is 11.9. The van der Waals surface area contributed by atoms with Crippen LogP contribution in [0.4, 0.5) is 0 Å². The number of fused-ring (bicyclic) bond motifs is 3. The van der Waals surface area contributed by atoms with Gasteiger partial charge in [0.25, 0.3) is 0 Å². The van der Waals surface area contributed by atoms with Crippen molar-refractivity contribution in [3.05, 3.63) is 66.0 Å². The van der Waals surface area contributed by atoms with Gasteiger partial charge in [0.15, 0.2) is 0 Å². The summed E-state index contributed by atoms with van der Waals surface area (Å²) in [6.07, 6.45) is 9.36.